The van der Waals surface area contributed by atoms with E-state index in [9.17, 15) is 27.9 Å². The van der Waals surface area contributed by atoms with Crippen molar-refractivity contribution in [2.45, 2.75) is 83.9 Å². The number of carbonyl (C=O) groups is 2. The van der Waals surface area contributed by atoms with Crippen LogP contribution in [-0.2, 0) is 22.3 Å². The summed E-state index contributed by atoms with van der Waals surface area (Å²) in [6, 6.07) is 3.02. The van der Waals surface area contributed by atoms with Crippen molar-refractivity contribution in [3.63, 3.8) is 0 Å². The third kappa shape index (κ3) is 6.12. The normalized spacial score (nSPS) is 22.3. The Morgan fingerprint density at radius 1 is 1.14 bits per heavy atom. The molecule has 1 aromatic carbocycles. The number of aliphatic carboxylic acids is 1. The van der Waals surface area contributed by atoms with E-state index in [4.69, 9.17) is 0 Å². The van der Waals surface area contributed by atoms with Gasteiger partial charge in [-0.3, -0.25) is 14.5 Å². The fraction of sp³-hybridized carbons (Fsp3) is 0.692. The zero-order valence-electron chi connectivity index (χ0n) is 21.7. The number of anilines is 1. The van der Waals surface area contributed by atoms with Crippen LogP contribution in [0.2, 0.25) is 0 Å². The van der Waals surface area contributed by atoms with Crippen molar-refractivity contribution in [1.82, 2.24) is 9.80 Å². The number of carboxylic acid groups (broad SMARTS) is 1. The van der Waals surface area contributed by atoms with Gasteiger partial charge in [-0.2, -0.15) is 13.2 Å². The molecule has 2 aliphatic heterocycles. The minimum atomic E-state index is -4.55. The molecular weight excluding hydrogens is 478 g/mol. The number of likely N-dealkylation sites (tertiary alicyclic amines) is 1. The van der Waals surface area contributed by atoms with Crippen molar-refractivity contribution in [2.75, 3.05) is 31.1 Å². The number of rotatable bonds is 6. The van der Waals surface area contributed by atoms with E-state index >= 15 is 4.39 Å². The third-order valence-corrected chi connectivity index (χ3v) is 7.37. The molecule has 1 N–H and O–H groups in total. The molecule has 36 heavy (non-hydrogen) atoms. The lowest BCUT2D eigenvalue weighted by molar-refractivity contribution is -0.146. The van der Waals surface area contributed by atoms with Gasteiger partial charge >= 0.3 is 12.1 Å². The number of nitrogens with zero attached hydrogens (tertiary/aromatic N) is 3. The van der Waals surface area contributed by atoms with Gasteiger partial charge in [0.25, 0.3) is 5.91 Å². The minimum Gasteiger partial charge on any atom is -0.481 e. The largest absolute Gasteiger partial charge is 0.481 e. The van der Waals surface area contributed by atoms with Gasteiger partial charge in [-0.05, 0) is 65.2 Å². The number of carbonyl (C=O) groups excluding carboxylic acids is 1. The molecule has 0 aliphatic carbocycles. The standard InChI is InChI=1S/C26H37F4N3O3/c1-17(2)33(23(36)25(27)10-13-32(16-25)24(3,4)5)15-19-6-7-20(26(28,29)30)14-21(19)31-11-8-18(9-12-31)22(34)35/h6-7,14,17-18H,8-13,15-16H2,1-5H3,(H,34,35)/t25-/m1/s1. The molecule has 2 heterocycles. The summed E-state index contributed by atoms with van der Waals surface area (Å²) in [6.45, 7) is 10.4. The highest BCUT2D eigenvalue weighted by atomic mass is 19.4. The Morgan fingerprint density at radius 3 is 2.22 bits per heavy atom. The van der Waals surface area contributed by atoms with Crippen LogP contribution in [0.4, 0.5) is 23.2 Å². The average molecular weight is 516 g/mol. The van der Waals surface area contributed by atoms with Gasteiger partial charge in [0.1, 0.15) is 0 Å². The van der Waals surface area contributed by atoms with Gasteiger partial charge in [0.2, 0.25) is 5.67 Å². The highest BCUT2D eigenvalue weighted by Crippen LogP contribution is 2.37. The summed E-state index contributed by atoms with van der Waals surface area (Å²) in [7, 11) is 0. The first-order valence-corrected chi connectivity index (χ1v) is 12.5. The zero-order chi connectivity index (χ0) is 27.1. The van der Waals surface area contributed by atoms with E-state index in [-0.39, 0.29) is 44.2 Å². The van der Waals surface area contributed by atoms with Crippen molar-refractivity contribution in [3.8, 4) is 0 Å². The maximum Gasteiger partial charge on any atom is 0.416 e. The molecule has 1 amide bonds. The molecule has 0 spiro atoms. The molecule has 2 saturated heterocycles. The summed E-state index contributed by atoms with van der Waals surface area (Å²) in [5.41, 5.74) is -2.39. The van der Waals surface area contributed by atoms with Crippen LogP contribution in [0.15, 0.2) is 18.2 Å². The Kier molecular flexibility index (Phi) is 7.98. The number of hydrogen-bond donors (Lipinski definition) is 1. The number of amides is 1. The molecule has 202 valence electrons. The number of alkyl halides is 4. The Labute approximate surface area is 210 Å². The Hall–Kier alpha value is -2.36. The molecule has 0 saturated carbocycles. The minimum absolute atomic E-state index is 0.0267. The maximum absolute atomic E-state index is 15.9. The van der Waals surface area contributed by atoms with Crippen molar-refractivity contribution in [2.24, 2.45) is 5.92 Å². The molecular formula is C26H37F4N3O3. The SMILES string of the molecule is CC(C)N(Cc1ccc(C(F)(F)F)cc1N1CCC(C(=O)O)CC1)C(=O)[C@@]1(F)CCN(C(C)(C)C)C1. The molecule has 2 fully saturated rings. The van der Waals surface area contributed by atoms with Gasteiger partial charge in [0.05, 0.1) is 11.5 Å². The van der Waals surface area contributed by atoms with Gasteiger partial charge in [0, 0.05) is 56.4 Å². The molecule has 0 bridgehead atoms. The average Bonchev–Trinajstić information content (AvgIpc) is 3.20. The second-order valence-corrected chi connectivity index (χ2v) is 11.3. The van der Waals surface area contributed by atoms with E-state index in [0.29, 0.717) is 30.6 Å². The monoisotopic (exact) mass is 515 g/mol. The van der Waals surface area contributed by atoms with Crippen LogP contribution in [0, 0.1) is 5.92 Å². The molecule has 10 heteroatoms. The lowest BCUT2D eigenvalue weighted by Crippen LogP contribution is -2.51. The first-order chi connectivity index (χ1) is 16.5. The number of hydrogen-bond acceptors (Lipinski definition) is 4. The summed E-state index contributed by atoms with van der Waals surface area (Å²) in [5.74, 6) is -2.10. The number of piperidine rings is 1. The van der Waals surface area contributed by atoms with Crippen molar-refractivity contribution in [1.29, 1.82) is 0 Å². The second-order valence-electron chi connectivity index (χ2n) is 11.3. The van der Waals surface area contributed by atoms with Crippen molar-refractivity contribution >= 4 is 17.6 Å². The van der Waals surface area contributed by atoms with Gasteiger partial charge in [-0.25, -0.2) is 4.39 Å². The number of halogens is 4. The molecule has 1 atom stereocenters. The van der Waals surface area contributed by atoms with Gasteiger partial charge in [-0.1, -0.05) is 6.07 Å². The Morgan fingerprint density at radius 2 is 1.75 bits per heavy atom. The van der Waals surface area contributed by atoms with Crippen LogP contribution in [0.3, 0.4) is 0 Å². The van der Waals surface area contributed by atoms with Crippen LogP contribution in [0.5, 0.6) is 0 Å². The second kappa shape index (κ2) is 10.2. The van der Waals surface area contributed by atoms with E-state index in [2.05, 4.69) is 0 Å². The Balaban J connectivity index is 1.91. The number of carboxylic acids is 1. The molecule has 0 unspecified atom stereocenters. The predicted molar refractivity (Wildman–Crippen MR) is 129 cm³/mol. The summed E-state index contributed by atoms with van der Waals surface area (Å²) < 4.78 is 56.5. The lowest BCUT2D eigenvalue weighted by atomic mass is 9.95. The lowest BCUT2D eigenvalue weighted by Gasteiger charge is -2.37. The van der Waals surface area contributed by atoms with Gasteiger partial charge < -0.3 is 14.9 Å². The molecule has 0 aromatic heterocycles. The van der Waals surface area contributed by atoms with E-state index in [1.54, 1.807) is 18.7 Å². The van der Waals surface area contributed by atoms with E-state index in [1.165, 1.54) is 11.0 Å². The maximum atomic E-state index is 15.9. The van der Waals surface area contributed by atoms with Crippen LogP contribution in [-0.4, -0.2) is 70.2 Å². The van der Waals surface area contributed by atoms with Gasteiger partial charge in [-0.15, -0.1) is 0 Å². The quantitative estimate of drug-likeness (QED) is 0.543. The highest BCUT2D eigenvalue weighted by molar-refractivity contribution is 5.86. The topological polar surface area (TPSA) is 64.1 Å². The predicted octanol–water partition coefficient (Wildman–Crippen LogP) is 4.96. The summed E-state index contributed by atoms with van der Waals surface area (Å²) in [5, 5.41) is 9.29. The van der Waals surface area contributed by atoms with Crippen LogP contribution < -0.4 is 4.90 Å². The fourth-order valence-corrected chi connectivity index (χ4v) is 4.99. The number of benzene rings is 1. The summed E-state index contributed by atoms with van der Waals surface area (Å²) >= 11 is 0. The molecule has 2 aliphatic rings. The zero-order valence-corrected chi connectivity index (χ0v) is 21.7. The van der Waals surface area contributed by atoms with Crippen LogP contribution in [0.25, 0.3) is 0 Å². The highest BCUT2D eigenvalue weighted by Gasteiger charge is 2.50. The summed E-state index contributed by atoms with van der Waals surface area (Å²) in [6.07, 6.45) is -3.86. The van der Waals surface area contributed by atoms with Crippen molar-refractivity contribution in [3.05, 3.63) is 29.3 Å². The molecule has 6 nitrogen and oxygen atoms in total. The first kappa shape index (κ1) is 28.2. The van der Waals surface area contributed by atoms with Crippen molar-refractivity contribution < 1.29 is 32.3 Å². The molecule has 1 aromatic rings. The van der Waals surface area contributed by atoms with E-state index in [0.717, 1.165) is 12.1 Å². The Bertz CT molecular complexity index is 968. The molecule has 3 rings (SSSR count). The van der Waals surface area contributed by atoms with Crippen LogP contribution in [0.1, 0.15) is 65.0 Å². The smallest absolute Gasteiger partial charge is 0.416 e. The first-order valence-electron chi connectivity index (χ1n) is 12.5. The fourth-order valence-electron chi connectivity index (χ4n) is 4.99. The van der Waals surface area contributed by atoms with Gasteiger partial charge in [0.15, 0.2) is 0 Å². The van der Waals surface area contributed by atoms with E-state index < -0.39 is 35.2 Å². The van der Waals surface area contributed by atoms with Crippen LogP contribution >= 0.6 is 0 Å². The summed E-state index contributed by atoms with van der Waals surface area (Å²) in [4.78, 5) is 29.9. The molecule has 0 radical (unpaired) electrons. The third-order valence-electron chi connectivity index (χ3n) is 7.37. The van der Waals surface area contributed by atoms with E-state index in [1.807, 2.05) is 25.7 Å².